The first-order valence-corrected chi connectivity index (χ1v) is 1.13. The molecule has 0 amide bonds. The summed E-state index contributed by atoms with van der Waals surface area (Å²) >= 11 is 0. The molecule has 0 bridgehead atoms. The van der Waals surface area contributed by atoms with Crippen LogP contribution in [0.1, 0.15) is 0 Å². The molecule has 0 heterocycles. The zero-order valence-corrected chi connectivity index (χ0v) is 5.03. The molecule has 0 aliphatic heterocycles. The third kappa shape index (κ3) is 9020. The van der Waals surface area contributed by atoms with Crippen LogP contribution in [-0.4, -0.2) is 12.1 Å². The second-order valence-electron chi connectivity index (χ2n) is 0.224. The monoisotopic (exact) mass is 200 g/mol. The second-order valence-corrected chi connectivity index (χ2v) is 0.224. The van der Waals surface area contributed by atoms with Gasteiger partial charge in [-0.25, -0.2) is 0 Å². The van der Waals surface area contributed by atoms with Gasteiger partial charge in [0.15, 0.2) is 0 Å². The fourth-order valence-corrected chi connectivity index (χ4v) is 0. The van der Waals surface area contributed by atoms with Crippen LogP contribution in [0, 0.1) is 15.3 Å². The molecule has 5 nitrogen and oxygen atoms in total. The van der Waals surface area contributed by atoms with E-state index in [-0.39, 0.29) is 22.4 Å². The molecule has 0 aromatic heterocycles. The van der Waals surface area contributed by atoms with Crippen molar-refractivity contribution in [1.29, 1.82) is 0 Å². The molecule has 0 radical (unpaired) electrons. The van der Waals surface area contributed by atoms with Crippen LogP contribution in [0.4, 0.5) is 0 Å². The molecule has 0 saturated heterocycles. The minimum Gasteiger partial charge on any atom is -0.356 e. The molecule has 0 unspecified atom stereocenters. The van der Waals surface area contributed by atoms with Crippen molar-refractivity contribution in [3.63, 3.8) is 0 Å². The summed E-state index contributed by atoms with van der Waals surface area (Å²) < 4.78 is 0. The fourth-order valence-electron chi connectivity index (χ4n) is 0. The van der Waals surface area contributed by atoms with Gasteiger partial charge >= 0.3 is 22.4 Å². The number of hydrogen-bond donors (Lipinski definition) is 1. The molecule has 0 atom stereocenters. The summed E-state index contributed by atoms with van der Waals surface area (Å²) in [6, 6.07) is 0. The molecule has 0 saturated carbocycles. The van der Waals surface area contributed by atoms with Gasteiger partial charge in [-0.05, 0) is 7.05 Å². The maximum Gasteiger partial charge on any atom is 1.00 e. The van der Waals surface area contributed by atoms with E-state index in [9.17, 15) is 0 Å². The normalized spacial score (nSPS) is 4.29. The summed E-state index contributed by atoms with van der Waals surface area (Å²) in [6.45, 7) is 0. The number of hydrogen-bond acceptors (Lipinski definition) is 4. The molecule has 48 valence electrons. The quantitative estimate of drug-likeness (QED) is 0.319. The molecule has 6 heteroatoms. The van der Waals surface area contributed by atoms with Crippen molar-refractivity contribution in [1.82, 2.24) is 0 Å². The van der Waals surface area contributed by atoms with Gasteiger partial charge in [-0.2, -0.15) is 0 Å². The maximum absolute atomic E-state index is 8.25. The van der Waals surface area contributed by atoms with E-state index in [0.717, 1.165) is 0 Å². The molecule has 7 heavy (non-hydrogen) atoms. The second kappa shape index (κ2) is 16.8. The average molecular weight is 201 g/mol. The van der Waals surface area contributed by atoms with E-state index < -0.39 is 5.09 Å². The summed E-state index contributed by atoms with van der Waals surface area (Å²) in [5.74, 6) is 0. The van der Waals surface area contributed by atoms with Gasteiger partial charge in [0.2, 0.25) is 0 Å². The number of rotatable bonds is 0. The predicted octanol–water partition coefficient (Wildman–Crippen LogP) is -0.667. The Balaban J connectivity index is -0.0000000480. The zero-order chi connectivity index (χ0) is 5.58. The summed E-state index contributed by atoms with van der Waals surface area (Å²) in [6.07, 6.45) is 0. The Morgan fingerprint density at radius 1 is 1.43 bits per heavy atom. The smallest absolute Gasteiger partial charge is 0.356 e. The summed E-state index contributed by atoms with van der Waals surface area (Å²) in [5, 5.41) is 14.8. The Morgan fingerprint density at radius 3 is 1.43 bits per heavy atom. The average Bonchev–Trinajstić information content (AvgIpc) is 1.41. The van der Waals surface area contributed by atoms with Gasteiger partial charge in [0.1, 0.15) is 0 Å². The van der Waals surface area contributed by atoms with Gasteiger partial charge in [-0.3, -0.25) is 0 Å². The van der Waals surface area contributed by atoms with Gasteiger partial charge in [0.05, 0.1) is 5.09 Å². The molecule has 0 aromatic rings. The Kier molecular flexibility index (Phi) is 38.0. The summed E-state index contributed by atoms with van der Waals surface area (Å²) in [7, 11) is 1.50. The largest absolute Gasteiger partial charge is 1.00 e. The van der Waals surface area contributed by atoms with E-state index in [2.05, 4.69) is 5.73 Å². The first kappa shape index (κ1) is 15.8. The predicted molar refractivity (Wildman–Crippen MR) is 20.5 cm³/mol. The molecule has 0 fully saturated rings. The maximum atomic E-state index is 8.25. The Bertz CT molecular complexity index is 35.9. The first-order valence-electron chi connectivity index (χ1n) is 1.13. The Hall–Kier alpha value is -0.0997. The third-order valence-corrected chi connectivity index (χ3v) is 0. The van der Waals surface area contributed by atoms with Crippen molar-refractivity contribution in [3.8, 4) is 0 Å². The molecule has 0 aromatic carbocycles. The Morgan fingerprint density at radius 2 is 1.43 bits per heavy atom. The van der Waals surface area contributed by atoms with Crippen molar-refractivity contribution in [2.24, 2.45) is 5.73 Å². The third-order valence-electron chi connectivity index (χ3n) is 0. The van der Waals surface area contributed by atoms with Crippen molar-refractivity contribution in [2.45, 2.75) is 0 Å². The van der Waals surface area contributed by atoms with Crippen LogP contribution < -0.4 is 5.73 Å². The summed E-state index contributed by atoms with van der Waals surface area (Å²) in [4.78, 5) is 8.25. The number of nitrogens with two attached hydrogens (primary N) is 1. The van der Waals surface area contributed by atoms with Gasteiger partial charge in [0, 0.05) is 0 Å². The molecular weight excluding hydrogens is 196 g/mol. The van der Waals surface area contributed by atoms with Crippen LogP contribution >= 0.6 is 0 Å². The van der Waals surface area contributed by atoms with Crippen LogP contribution in [0.2, 0.25) is 0 Å². The van der Waals surface area contributed by atoms with Crippen LogP contribution in [0.3, 0.4) is 0 Å². The van der Waals surface area contributed by atoms with E-state index in [1.165, 1.54) is 7.05 Å². The zero-order valence-electron chi connectivity index (χ0n) is 3.55. The van der Waals surface area contributed by atoms with Crippen LogP contribution in [0.5, 0.6) is 0 Å². The van der Waals surface area contributed by atoms with Crippen molar-refractivity contribution < 1.29 is 27.5 Å². The van der Waals surface area contributed by atoms with E-state index in [4.69, 9.17) is 15.3 Å². The van der Waals surface area contributed by atoms with Crippen LogP contribution in [0.15, 0.2) is 0 Å². The molecule has 0 spiro atoms. The molecular formula is CH5AgN2O3. The van der Waals surface area contributed by atoms with E-state index >= 15 is 0 Å². The van der Waals surface area contributed by atoms with Gasteiger partial charge in [0.25, 0.3) is 0 Å². The molecule has 0 rings (SSSR count). The van der Waals surface area contributed by atoms with Gasteiger partial charge < -0.3 is 21.1 Å². The topological polar surface area (TPSA) is 92.2 Å². The van der Waals surface area contributed by atoms with Gasteiger partial charge in [-0.1, -0.05) is 0 Å². The minimum atomic E-state index is -1.75. The first-order chi connectivity index (χ1) is 2.73. The molecule has 0 aliphatic rings. The van der Waals surface area contributed by atoms with Gasteiger partial charge in [-0.15, -0.1) is 0 Å². The molecule has 2 N–H and O–H groups in total. The van der Waals surface area contributed by atoms with E-state index in [1.807, 2.05) is 0 Å². The SMILES string of the molecule is CN.O=[N+]([O-])[O-].[Ag+]. The van der Waals surface area contributed by atoms with Crippen molar-refractivity contribution in [2.75, 3.05) is 7.05 Å². The van der Waals surface area contributed by atoms with E-state index in [1.54, 1.807) is 0 Å². The van der Waals surface area contributed by atoms with Crippen molar-refractivity contribution >= 4 is 0 Å². The van der Waals surface area contributed by atoms with Crippen LogP contribution in [0.25, 0.3) is 0 Å². The minimum absolute atomic E-state index is 0. The van der Waals surface area contributed by atoms with Crippen molar-refractivity contribution in [3.05, 3.63) is 15.3 Å². The fraction of sp³-hybridized carbons (Fsp3) is 1.00. The molecule has 0 aliphatic carbocycles. The Labute approximate surface area is 56.1 Å². The van der Waals surface area contributed by atoms with Crippen LogP contribution in [-0.2, 0) is 22.4 Å². The number of nitrogens with zero attached hydrogens (tertiary/aromatic N) is 1. The summed E-state index contributed by atoms with van der Waals surface area (Å²) in [5.41, 5.74) is 4.50. The standard InChI is InChI=1S/CH5N.Ag.NO3/c1-2;;2-1(3)4/h2H2,1H3;;/q;+1;-1. The van der Waals surface area contributed by atoms with E-state index in [0.29, 0.717) is 0 Å².